The Balaban J connectivity index is 1.71. The number of halogens is 5. The molecule has 0 saturated carbocycles. The summed E-state index contributed by atoms with van der Waals surface area (Å²) in [5.74, 6) is -5.57. The Hall–Kier alpha value is -4.52. The van der Waals surface area contributed by atoms with Gasteiger partial charge >= 0.3 is 6.18 Å². The Morgan fingerprint density at radius 2 is 1.72 bits per heavy atom. The van der Waals surface area contributed by atoms with Gasteiger partial charge in [0.05, 0.1) is 35.0 Å². The van der Waals surface area contributed by atoms with Gasteiger partial charge in [0.2, 0.25) is 5.91 Å². The quantitative estimate of drug-likeness (QED) is 0.0940. The van der Waals surface area contributed by atoms with Crippen LogP contribution in [0, 0.1) is 18.6 Å². The van der Waals surface area contributed by atoms with Crippen molar-refractivity contribution in [2.75, 3.05) is 33.2 Å². The van der Waals surface area contributed by atoms with Crippen LogP contribution in [0.3, 0.4) is 0 Å². The Kier molecular flexibility index (Phi) is 6.19. The number of benzene rings is 4. The standard InChI is InChI=1S/C41H40F5N3O3S/c1-27-6-15-36-34(22-27)37(50)23-39(53-26-31-4-3-5-35(42)40(31)43)49(36)25-38(51)48(33-16-18-47(19-17-33)20-21-52-2)24-28-7-9-29(10-8-28)30-11-13-32(14-12-30)41(44,45)46/h3-15,22-23,33H,16-21,24-26H2,1-2H3/i6D,15D,16D2,17D2,18D2,19D2,20D2,21D2,22D,23D,24D2,26D2,33D. The predicted octanol–water partition coefficient (Wildman–Crippen LogP) is 8.71. The number of methoxy groups -OCH3 is 1. The van der Waals surface area contributed by atoms with Gasteiger partial charge in [-0.3, -0.25) is 9.59 Å². The number of aromatic nitrogens is 1. The van der Waals surface area contributed by atoms with Crippen molar-refractivity contribution in [3.8, 4) is 11.1 Å². The number of likely N-dealkylation sites (tertiary alicyclic amines) is 1. The summed E-state index contributed by atoms with van der Waals surface area (Å²) in [6, 6.07) is 0.466. The molecule has 1 amide bonds. The van der Waals surface area contributed by atoms with Crippen LogP contribution in [-0.2, 0) is 34.5 Å². The minimum atomic E-state index is -4.77. The van der Waals surface area contributed by atoms with Crippen LogP contribution >= 0.6 is 11.8 Å². The number of rotatable bonds is 12. The van der Waals surface area contributed by atoms with E-state index in [1.807, 2.05) is 0 Å². The van der Waals surface area contributed by atoms with Crippen molar-refractivity contribution in [1.82, 2.24) is 14.4 Å². The first-order valence-electron chi connectivity index (χ1n) is 25.7. The van der Waals surface area contributed by atoms with E-state index in [1.165, 1.54) is 0 Å². The number of pyridine rings is 1. The number of carbonyl (C=O) groups excluding carboxylic acids is 1. The summed E-state index contributed by atoms with van der Waals surface area (Å²) in [4.78, 5) is 28.1. The summed E-state index contributed by atoms with van der Waals surface area (Å²) >= 11 is -0.312. The van der Waals surface area contributed by atoms with Gasteiger partial charge in [-0.1, -0.05) is 60.1 Å². The first kappa shape index (κ1) is 19.7. The average Bonchev–Trinajstić information content (AvgIpc) is 3.29. The summed E-state index contributed by atoms with van der Waals surface area (Å²) in [6.07, 6.45) is -14.2. The zero-order valence-electron chi connectivity index (χ0n) is 48.4. The molecule has 0 radical (unpaired) electrons. The third-order valence-corrected chi connectivity index (χ3v) is 8.20. The van der Waals surface area contributed by atoms with E-state index in [2.05, 4.69) is 4.74 Å². The minimum absolute atomic E-state index is 0.0436. The number of hydrogen-bond acceptors (Lipinski definition) is 5. The SMILES string of the molecule is [2H]c1c(C)c([2H])c2c(=O)c([2H])c(SC([2H])([2H])c3cccc(F)c3F)n(CC(=O)N(C([2H])([2H])c3ccc(-c4ccc(C(F)(F)F)cc4)cc3)C3([2H])C([2H])([2H])C([2H])([2H])N(C([2H])([2H])C([2H])([2H])OC)C([2H])([2H])C3([2H])[2H])c2c1[2H]. The number of piperidine rings is 1. The summed E-state index contributed by atoms with van der Waals surface area (Å²) in [6.45, 7) is -22.0. The highest BCUT2D eigenvalue weighted by Gasteiger charge is 2.31. The summed E-state index contributed by atoms with van der Waals surface area (Å²) < 4.78 is 263. The molecule has 12 heteroatoms. The Morgan fingerprint density at radius 1 is 1.04 bits per heavy atom. The molecule has 0 aliphatic carbocycles. The van der Waals surface area contributed by atoms with Crippen LogP contribution in [0.5, 0.6) is 0 Å². The zero-order chi connectivity index (χ0) is 56.4. The molecule has 5 aromatic rings. The van der Waals surface area contributed by atoms with Crippen LogP contribution in [0.4, 0.5) is 22.0 Å². The third-order valence-electron chi connectivity index (χ3n) is 7.36. The van der Waals surface area contributed by atoms with Crippen molar-refractivity contribution in [2.24, 2.45) is 0 Å². The molecule has 1 saturated heterocycles. The van der Waals surface area contributed by atoms with Gasteiger partial charge < -0.3 is 19.1 Å². The third kappa shape index (κ3) is 9.17. The van der Waals surface area contributed by atoms with Crippen molar-refractivity contribution < 1.29 is 60.3 Å². The molecule has 278 valence electrons. The van der Waals surface area contributed by atoms with Crippen LogP contribution in [0.2, 0.25) is 0 Å². The van der Waals surface area contributed by atoms with Gasteiger partial charge in [0.15, 0.2) is 17.1 Å². The molecule has 1 aromatic heterocycles. The van der Waals surface area contributed by atoms with Crippen LogP contribution in [0.1, 0.15) is 63.8 Å². The number of ether oxygens (including phenoxy) is 1. The summed E-state index contributed by atoms with van der Waals surface area (Å²) in [5.41, 5.74) is -9.06. The topological polar surface area (TPSA) is 54.8 Å². The Bertz CT molecular complexity index is 3100. The lowest BCUT2D eigenvalue weighted by Gasteiger charge is -2.39. The van der Waals surface area contributed by atoms with Gasteiger partial charge in [-0.25, -0.2) is 8.78 Å². The summed E-state index contributed by atoms with van der Waals surface area (Å²) in [7, 11) is 0.537. The van der Waals surface area contributed by atoms with Crippen molar-refractivity contribution in [3.05, 3.63) is 135 Å². The summed E-state index contributed by atoms with van der Waals surface area (Å²) in [5, 5.41) is -2.07. The first-order valence-corrected chi connectivity index (χ1v) is 16.0. The van der Waals surface area contributed by atoms with E-state index < -0.39 is 159 Å². The maximum Gasteiger partial charge on any atom is 0.416 e. The molecular weight excluding hydrogens is 710 g/mol. The van der Waals surface area contributed by atoms with Crippen molar-refractivity contribution in [2.45, 2.75) is 55.6 Å². The fourth-order valence-electron chi connectivity index (χ4n) is 4.81. The van der Waals surface area contributed by atoms with Gasteiger partial charge in [0.25, 0.3) is 0 Å². The lowest BCUT2D eigenvalue weighted by Crippen LogP contribution is -2.48. The second-order valence-electron chi connectivity index (χ2n) is 10.9. The van der Waals surface area contributed by atoms with Crippen LogP contribution in [0.15, 0.2) is 101 Å². The van der Waals surface area contributed by atoms with Crippen molar-refractivity contribution in [1.29, 1.82) is 0 Å². The zero-order valence-corrected chi connectivity index (χ0v) is 28.2. The molecule has 0 atom stereocenters. The molecule has 0 bridgehead atoms. The van der Waals surface area contributed by atoms with Crippen molar-refractivity contribution >= 4 is 28.6 Å². The second-order valence-corrected chi connectivity index (χ2v) is 11.7. The van der Waals surface area contributed by atoms with Gasteiger partial charge in [-0.15, -0.1) is 11.8 Å². The van der Waals surface area contributed by atoms with Gasteiger partial charge in [0.1, 0.15) is 6.54 Å². The maximum atomic E-state index is 15.6. The lowest BCUT2D eigenvalue weighted by molar-refractivity contribution is -0.137. The predicted molar refractivity (Wildman–Crippen MR) is 198 cm³/mol. The number of alkyl halides is 3. The molecule has 2 heterocycles. The monoisotopic (exact) mass is 770 g/mol. The molecule has 6 nitrogen and oxygen atoms in total. The highest BCUT2D eigenvalue weighted by Crippen LogP contribution is 2.32. The number of amides is 1. The number of carbonyl (C=O) groups is 1. The largest absolute Gasteiger partial charge is 0.416 e. The van der Waals surface area contributed by atoms with Crippen LogP contribution in [0.25, 0.3) is 22.0 Å². The molecule has 53 heavy (non-hydrogen) atoms. The second kappa shape index (κ2) is 16.7. The normalized spacial score (nSPS) is 25.5. The molecule has 1 aliphatic rings. The number of hydrogen-bond donors (Lipinski definition) is 0. The molecule has 4 aromatic carbocycles. The van der Waals surface area contributed by atoms with E-state index in [-0.39, 0.29) is 28.5 Å². The number of thioether (sulfide) groups is 1. The molecule has 0 unspecified atom stereocenters. The lowest BCUT2D eigenvalue weighted by atomic mass is 10.00. The Morgan fingerprint density at radius 3 is 2.38 bits per heavy atom. The van der Waals surface area contributed by atoms with Crippen LogP contribution in [-0.4, -0.2) is 59.5 Å². The molecule has 1 aliphatic heterocycles. The fourth-order valence-corrected chi connectivity index (χ4v) is 5.58. The van der Waals surface area contributed by atoms with E-state index in [9.17, 15) is 32.0 Å². The van der Waals surface area contributed by atoms with E-state index >= 15 is 9.18 Å². The smallest absolute Gasteiger partial charge is 0.383 e. The van der Waals surface area contributed by atoms with E-state index in [0.717, 1.165) is 55.5 Å². The fraction of sp³-hybridized carbons (Fsp3) is 0.317. The van der Waals surface area contributed by atoms with E-state index in [0.29, 0.717) is 29.9 Å². The molecular formula is C41H40F5N3O3S. The molecule has 6 rings (SSSR count). The molecule has 0 N–H and O–H groups in total. The maximum absolute atomic E-state index is 15.6. The first-order chi connectivity index (χ1) is 33.5. The van der Waals surface area contributed by atoms with Crippen molar-refractivity contribution in [3.63, 3.8) is 0 Å². The van der Waals surface area contributed by atoms with Crippen LogP contribution < -0.4 is 5.43 Å². The van der Waals surface area contributed by atoms with Gasteiger partial charge in [-0.2, -0.15) is 13.2 Å². The highest BCUT2D eigenvalue weighted by molar-refractivity contribution is 7.98. The number of nitrogens with zero attached hydrogens (tertiary/aromatic N) is 3. The average molecular weight is 771 g/mol. The highest BCUT2D eigenvalue weighted by atomic mass is 32.2. The molecule has 0 spiro atoms. The number of fused-ring (bicyclic) bond motifs is 1. The van der Waals surface area contributed by atoms with Gasteiger partial charge in [0, 0.05) is 78.3 Å². The minimum Gasteiger partial charge on any atom is -0.383 e. The van der Waals surface area contributed by atoms with E-state index in [1.54, 1.807) is 0 Å². The Labute approximate surface area is 338 Å². The van der Waals surface area contributed by atoms with Gasteiger partial charge in [-0.05, 0) is 66.6 Å². The molecule has 1 fully saturated rings. The van der Waals surface area contributed by atoms with E-state index in [4.69, 9.17) is 19.2 Å².